The van der Waals surface area contributed by atoms with Gasteiger partial charge in [-0.1, -0.05) is 35.7 Å². The van der Waals surface area contributed by atoms with E-state index in [9.17, 15) is 0 Å². The van der Waals surface area contributed by atoms with Gasteiger partial charge in [-0.15, -0.1) is 0 Å². The van der Waals surface area contributed by atoms with Crippen LogP contribution in [0.5, 0.6) is 0 Å². The highest BCUT2D eigenvalue weighted by Gasteiger charge is 2.15. The van der Waals surface area contributed by atoms with Crippen molar-refractivity contribution in [3.63, 3.8) is 0 Å². The van der Waals surface area contributed by atoms with Crippen molar-refractivity contribution in [2.24, 2.45) is 5.92 Å². The lowest BCUT2D eigenvalue weighted by Gasteiger charge is -2.14. The van der Waals surface area contributed by atoms with E-state index in [-0.39, 0.29) is 0 Å². The molecule has 1 aliphatic rings. The second kappa shape index (κ2) is 7.70. The van der Waals surface area contributed by atoms with Gasteiger partial charge in [-0.2, -0.15) is 0 Å². The zero-order chi connectivity index (χ0) is 10.2. The lowest BCUT2D eigenvalue weighted by molar-refractivity contribution is 0.101. The Kier molecular flexibility index (Phi) is 6.88. The second-order valence-electron chi connectivity index (χ2n) is 4.37. The van der Waals surface area contributed by atoms with E-state index in [0.717, 1.165) is 12.5 Å². The Labute approximate surface area is 96.7 Å². The molecule has 0 N–H and O–H groups in total. The van der Waals surface area contributed by atoms with Crippen LogP contribution >= 0.6 is 15.9 Å². The summed E-state index contributed by atoms with van der Waals surface area (Å²) in [7, 11) is 0. The smallest absolute Gasteiger partial charge is 0.0576 e. The number of ether oxygens (including phenoxy) is 1. The van der Waals surface area contributed by atoms with Crippen LogP contribution in [0.25, 0.3) is 0 Å². The minimum Gasteiger partial charge on any atom is -0.378 e. The Bertz CT molecular complexity index is 132. The molecule has 14 heavy (non-hydrogen) atoms. The zero-order valence-corrected chi connectivity index (χ0v) is 10.9. The number of hydrogen-bond donors (Lipinski definition) is 0. The van der Waals surface area contributed by atoms with Gasteiger partial charge in [0, 0.05) is 11.9 Å². The first kappa shape index (κ1) is 12.5. The fourth-order valence-corrected chi connectivity index (χ4v) is 2.86. The van der Waals surface area contributed by atoms with Gasteiger partial charge >= 0.3 is 0 Å². The fraction of sp³-hybridized carbons (Fsp3) is 1.00. The lowest BCUT2D eigenvalue weighted by atomic mass is 9.97. The van der Waals surface area contributed by atoms with E-state index in [1.54, 1.807) is 0 Å². The van der Waals surface area contributed by atoms with Crippen molar-refractivity contribution < 1.29 is 4.74 Å². The second-order valence-corrected chi connectivity index (χ2v) is 5.02. The first-order valence-electron chi connectivity index (χ1n) is 6.04. The van der Waals surface area contributed by atoms with E-state index in [2.05, 4.69) is 22.9 Å². The Balaban J connectivity index is 2.00. The van der Waals surface area contributed by atoms with Crippen molar-refractivity contribution in [2.75, 3.05) is 11.9 Å². The Morgan fingerprint density at radius 3 is 2.86 bits per heavy atom. The van der Waals surface area contributed by atoms with Crippen LogP contribution in [0.15, 0.2) is 0 Å². The van der Waals surface area contributed by atoms with Crippen molar-refractivity contribution in [3.8, 4) is 0 Å². The lowest BCUT2D eigenvalue weighted by Crippen LogP contribution is -2.07. The maximum Gasteiger partial charge on any atom is 0.0576 e. The molecule has 0 saturated carbocycles. The van der Waals surface area contributed by atoms with Crippen molar-refractivity contribution in [1.82, 2.24) is 0 Å². The molecule has 1 nitrogen and oxygen atoms in total. The van der Waals surface area contributed by atoms with Gasteiger partial charge in [0.05, 0.1) is 6.10 Å². The maximum absolute atomic E-state index is 5.62. The third-order valence-corrected chi connectivity index (χ3v) is 3.99. The molecule has 1 aliphatic heterocycles. The van der Waals surface area contributed by atoms with Gasteiger partial charge in [-0.3, -0.25) is 0 Å². The molecular weight excluding hydrogens is 240 g/mol. The average Bonchev–Trinajstić information content (AvgIpc) is 2.69. The Morgan fingerprint density at radius 2 is 2.29 bits per heavy atom. The molecule has 0 radical (unpaired) electrons. The topological polar surface area (TPSA) is 9.23 Å². The highest BCUT2D eigenvalue weighted by atomic mass is 79.9. The van der Waals surface area contributed by atoms with E-state index in [4.69, 9.17) is 4.74 Å². The van der Waals surface area contributed by atoms with Crippen molar-refractivity contribution in [2.45, 2.75) is 58.0 Å². The van der Waals surface area contributed by atoms with Crippen molar-refractivity contribution >= 4 is 15.9 Å². The molecule has 2 unspecified atom stereocenters. The van der Waals surface area contributed by atoms with Gasteiger partial charge in [0.15, 0.2) is 0 Å². The number of halogens is 1. The summed E-state index contributed by atoms with van der Waals surface area (Å²) in [6, 6.07) is 0. The Morgan fingerprint density at radius 1 is 1.43 bits per heavy atom. The maximum atomic E-state index is 5.62. The molecule has 2 atom stereocenters. The summed E-state index contributed by atoms with van der Waals surface area (Å²) in [4.78, 5) is 0. The quantitative estimate of drug-likeness (QED) is 0.627. The van der Waals surface area contributed by atoms with Crippen LogP contribution in [-0.2, 0) is 4.74 Å². The summed E-state index contributed by atoms with van der Waals surface area (Å²) in [6.07, 6.45) is 9.86. The Hall–Kier alpha value is 0.440. The molecule has 0 bridgehead atoms. The van der Waals surface area contributed by atoms with Crippen LogP contribution in [0.4, 0.5) is 0 Å². The van der Waals surface area contributed by atoms with Crippen LogP contribution in [-0.4, -0.2) is 18.0 Å². The van der Waals surface area contributed by atoms with Crippen LogP contribution in [0.2, 0.25) is 0 Å². The van der Waals surface area contributed by atoms with Crippen LogP contribution in [0.3, 0.4) is 0 Å². The first-order valence-corrected chi connectivity index (χ1v) is 7.16. The van der Waals surface area contributed by atoms with E-state index >= 15 is 0 Å². The number of rotatable bonds is 7. The third kappa shape index (κ3) is 4.79. The van der Waals surface area contributed by atoms with Crippen LogP contribution in [0.1, 0.15) is 51.9 Å². The van der Waals surface area contributed by atoms with Crippen LogP contribution < -0.4 is 0 Å². The normalized spacial score (nSPS) is 24.0. The number of hydrogen-bond acceptors (Lipinski definition) is 1. The molecule has 0 aromatic carbocycles. The predicted octanol–water partition coefficient (Wildman–Crippen LogP) is 4.15. The minimum absolute atomic E-state index is 0.590. The summed E-state index contributed by atoms with van der Waals surface area (Å²) >= 11 is 3.60. The van der Waals surface area contributed by atoms with Gasteiger partial charge in [-0.05, 0) is 38.0 Å². The zero-order valence-electron chi connectivity index (χ0n) is 9.30. The fourth-order valence-electron chi connectivity index (χ4n) is 2.21. The van der Waals surface area contributed by atoms with Gasteiger partial charge in [0.25, 0.3) is 0 Å². The summed E-state index contributed by atoms with van der Waals surface area (Å²) in [6.45, 7) is 3.28. The van der Waals surface area contributed by atoms with Gasteiger partial charge in [0.2, 0.25) is 0 Å². The van der Waals surface area contributed by atoms with Crippen LogP contribution in [0, 0.1) is 5.92 Å². The summed E-state index contributed by atoms with van der Waals surface area (Å²) in [5, 5.41) is 1.17. The van der Waals surface area contributed by atoms with Crippen molar-refractivity contribution in [3.05, 3.63) is 0 Å². The molecule has 1 fully saturated rings. The van der Waals surface area contributed by atoms with E-state index < -0.39 is 0 Å². The molecular formula is C12H23BrO. The summed E-state index contributed by atoms with van der Waals surface area (Å²) < 4.78 is 5.62. The molecule has 84 valence electrons. The van der Waals surface area contributed by atoms with Gasteiger partial charge in [-0.25, -0.2) is 0 Å². The van der Waals surface area contributed by atoms with Gasteiger partial charge in [0.1, 0.15) is 0 Å². The highest BCUT2D eigenvalue weighted by molar-refractivity contribution is 9.09. The average molecular weight is 263 g/mol. The monoisotopic (exact) mass is 262 g/mol. The molecule has 0 amide bonds. The molecule has 1 heterocycles. The minimum atomic E-state index is 0.590. The molecule has 0 aromatic rings. The molecule has 0 spiro atoms. The molecule has 1 saturated heterocycles. The van der Waals surface area contributed by atoms with Gasteiger partial charge < -0.3 is 4.74 Å². The highest BCUT2D eigenvalue weighted by Crippen LogP contribution is 2.22. The first-order chi connectivity index (χ1) is 6.86. The van der Waals surface area contributed by atoms with Crippen molar-refractivity contribution in [1.29, 1.82) is 0 Å². The SMILES string of the molecule is CCCC(CBr)CCCC1CCCO1. The van der Waals surface area contributed by atoms with E-state index in [1.165, 1.54) is 50.3 Å². The molecule has 1 rings (SSSR count). The van der Waals surface area contributed by atoms with E-state index in [0.29, 0.717) is 6.10 Å². The third-order valence-electron chi connectivity index (χ3n) is 3.08. The van der Waals surface area contributed by atoms with E-state index in [1.807, 2.05) is 0 Å². The standard InChI is InChI=1S/C12H23BrO/c1-2-5-11(10-13)6-3-7-12-8-4-9-14-12/h11-12H,2-10H2,1H3. The number of alkyl halides is 1. The summed E-state index contributed by atoms with van der Waals surface area (Å²) in [5.74, 6) is 0.890. The predicted molar refractivity (Wildman–Crippen MR) is 65.0 cm³/mol. The largest absolute Gasteiger partial charge is 0.378 e. The summed E-state index contributed by atoms with van der Waals surface area (Å²) in [5.41, 5.74) is 0. The molecule has 2 heteroatoms. The molecule has 0 aliphatic carbocycles. The molecule has 0 aromatic heterocycles.